The summed E-state index contributed by atoms with van der Waals surface area (Å²) in [5.41, 5.74) is 6.11. The lowest BCUT2D eigenvalue weighted by molar-refractivity contribution is 0.129. The number of nitrogens with zero attached hydrogens (tertiary/aromatic N) is 4. The van der Waals surface area contributed by atoms with Crippen LogP contribution in [0.4, 0.5) is 0 Å². The molecule has 0 aromatic carbocycles. The standard InChI is InChI=1S/C21H26N4O/c1-25-18(9-12-23-25)19-15-7-3-4-8-17(15)24-20(16(19)13-22)21(14-26-2)10-5-6-11-21/h9,12H,3-8,10-11,14H2,1-2H3. The summed E-state index contributed by atoms with van der Waals surface area (Å²) in [6.45, 7) is 0.637. The molecule has 4 rings (SSSR count). The lowest BCUT2D eigenvalue weighted by Gasteiger charge is -2.32. The number of ether oxygens (including phenoxy) is 1. The van der Waals surface area contributed by atoms with E-state index in [0.29, 0.717) is 6.61 Å². The maximum Gasteiger partial charge on any atom is 0.102 e. The molecule has 0 atom stereocenters. The second-order valence-corrected chi connectivity index (χ2v) is 7.72. The van der Waals surface area contributed by atoms with Gasteiger partial charge in [0.15, 0.2) is 0 Å². The lowest BCUT2D eigenvalue weighted by Crippen LogP contribution is -2.32. The second-order valence-electron chi connectivity index (χ2n) is 7.72. The molecule has 1 fully saturated rings. The Morgan fingerprint density at radius 3 is 2.65 bits per heavy atom. The average Bonchev–Trinajstić information content (AvgIpc) is 3.30. The molecule has 1 saturated carbocycles. The predicted molar refractivity (Wildman–Crippen MR) is 99.8 cm³/mol. The summed E-state index contributed by atoms with van der Waals surface area (Å²) < 4.78 is 7.50. The van der Waals surface area contributed by atoms with Gasteiger partial charge in [-0.05, 0) is 50.2 Å². The highest BCUT2D eigenvalue weighted by Gasteiger charge is 2.41. The van der Waals surface area contributed by atoms with Crippen LogP contribution in [0.1, 0.15) is 61.0 Å². The van der Waals surface area contributed by atoms with Crippen molar-refractivity contribution in [3.8, 4) is 17.3 Å². The van der Waals surface area contributed by atoms with E-state index in [2.05, 4.69) is 11.2 Å². The fraction of sp³-hybridized carbons (Fsp3) is 0.571. The minimum absolute atomic E-state index is 0.125. The molecule has 5 heteroatoms. The Bertz CT molecular complexity index is 856. The molecule has 5 nitrogen and oxygen atoms in total. The topological polar surface area (TPSA) is 63.7 Å². The fourth-order valence-corrected chi connectivity index (χ4v) is 4.91. The van der Waals surface area contributed by atoms with E-state index in [0.717, 1.165) is 54.6 Å². The van der Waals surface area contributed by atoms with Gasteiger partial charge >= 0.3 is 0 Å². The van der Waals surface area contributed by atoms with Gasteiger partial charge in [-0.1, -0.05) is 12.8 Å². The molecule has 2 aromatic rings. The number of nitriles is 1. The minimum Gasteiger partial charge on any atom is -0.384 e. The number of aromatic nitrogens is 3. The molecule has 2 aliphatic carbocycles. The number of fused-ring (bicyclic) bond motifs is 1. The van der Waals surface area contributed by atoms with Gasteiger partial charge in [0.25, 0.3) is 0 Å². The summed E-state index contributed by atoms with van der Waals surface area (Å²) in [4.78, 5) is 5.12. The van der Waals surface area contributed by atoms with Crippen LogP contribution in [0.15, 0.2) is 12.3 Å². The molecule has 0 unspecified atom stereocenters. The molecule has 2 heterocycles. The van der Waals surface area contributed by atoms with E-state index >= 15 is 0 Å². The highest BCUT2D eigenvalue weighted by atomic mass is 16.5. The first-order valence-electron chi connectivity index (χ1n) is 9.64. The summed E-state index contributed by atoms with van der Waals surface area (Å²) >= 11 is 0. The average molecular weight is 350 g/mol. The monoisotopic (exact) mass is 350 g/mol. The molecular formula is C21H26N4O. The molecule has 0 amide bonds. The Labute approximate surface area is 155 Å². The molecule has 0 saturated heterocycles. The van der Waals surface area contributed by atoms with Gasteiger partial charge in [0, 0.05) is 37.0 Å². The van der Waals surface area contributed by atoms with E-state index in [9.17, 15) is 5.26 Å². The van der Waals surface area contributed by atoms with E-state index in [1.165, 1.54) is 30.5 Å². The van der Waals surface area contributed by atoms with E-state index in [1.807, 2.05) is 24.0 Å². The van der Waals surface area contributed by atoms with Crippen molar-refractivity contribution < 1.29 is 4.74 Å². The Hall–Kier alpha value is -2.19. The molecule has 0 bridgehead atoms. The van der Waals surface area contributed by atoms with Crippen LogP contribution in [0.2, 0.25) is 0 Å². The van der Waals surface area contributed by atoms with Gasteiger partial charge in [0.2, 0.25) is 0 Å². The third-order valence-corrected chi connectivity index (χ3v) is 6.15. The van der Waals surface area contributed by atoms with Crippen LogP contribution in [-0.4, -0.2) is 28.5 Å². The Morgan fingerprint density at radius 1 is 1.23 bits per heavy atom. The molecule has 2 aromatic heterocycles. The van der Waals surface area contributed by atoms with Crippen molar-refractivity contribution >= 4 is 0 Å². The van der Waals surface area contributed by atoms with Gasteiger partial charge < -0.3 is 4.74 Å². The van der Waals surface area contributed by atoms with E-state index in [-0.39, 0.29) is 5.41 Å². The van der Waals surface area contributed by atoms with Crippen molar-refractivity contribution in [1.29, 1.82) is 5.26 Å². The van der Waals surface area contributed by atoms with Crippen LogP contribution >= 0.6 is 0 Å². The maximum atomic E-state index is 10.2. The number of aryl methyl sites for hydroxylation is 2. The van der Waals surface area contributed by atoms with Gasteiger partial charge in [-0.25, -0.2) is 0 Å². The number of hydrogen-bond donors (Lipinski definition) is 0. The first-order valence-corrected chi connectivity index (χ1v) is 9.64. The quantitative estimate of drug-likeness (QED) is 0.843. The highest BCUT2D eigenvalue weighted by Crippen LogP contribution is 2.45. The summed E-state index contributed by atoms with van der Waals surface area (Å²) in [6, 6.07) is 4.55. The van der Waals surface area contributed by atoms with Crippen molar-refractivity contribution in [3.05, 3.63) is 34.8 Å². The van der Waals surface area contributed by atoms with E-state index in [4.69, 9.17) is 9.72 Å². The van der Waals surface area contributed by atoms with Crippen LogP contribution in [0.25, 0.3) is 11.3 Å². The largest absolute Gasteiger partial charge is 0.384 e. The van der Waals surface area contributed by atoms with Gasteiger partial charge in [-0.15, -0.1) is 0 Å². The maximum absolute atomic E-state index is 10.2. The fourth-order valence-electron chi connectivity index (χ4n) is 4.91. The molecule has 0 N–H and O–H groups in total. The Morgan fingerprint density at radius 2 is 2.00 bits per heavy atom. The number of hydrogen-bond acceptors (Lipinski definition) is 4. The summed E-state index contributed by atoms with van der Waals surface area (Å²) in [6.07, 6.45) is 10.6. The van der Waals surface area contributed by atoms with Crippen molar-refractivity contribution in [1.82, 2.24) is 14.8 Å². The van der Waals surface area contributed by atoms with Crippen molar-refractivity contribution in [2.45, 2.75) is 56.8 Å². The Kier molecular flexibility index (Phi) is 4.54. The highest BCUT2D eigenvalue weighted by molar-refractivity contribution is 5.74. The second kappa shape index (κ2) is 6.85. The normalized spacial score (nSPS) is 18.5. The van der Waals surface area contributed by atoms with Gasteiger partial charge in [-0.2, -0.15) is 10.4 Å². The smallest absolute Gasteiger partial charge is 0.102 e. The van der Waals surface area contributed by atoms with E-state index in [1.54, 1.807) is 7.11 Å². The first-order chi connectivity index (χ1) is 12.7. The van der Waals surface area contributed by atoms with Crippen molar-refractivity contribution in [3.63, 3.8) is 0 Å². The minimum atomic E-state index is -0.125. The zero-order chi connectivity index (χ0) is 18.1. The van der Waals surface area contributed by atoms with Crippen LogP contribution < -0.4 is 0 Å². The van der Waals surface area contributed by atoms with Gasteiger partial charge in [-0.3, -0.25) is 9.67 Å². The third kappa shape index (κ3) is 2.64. The van der Waals surface area contributed by atoms with Crippen LogP contribution in [0.3, 0.4) is 0 Å². The van der Waals surface area contributed by atoms with Crippen LogP contribution in [0.5, 0.6) is 0 Å². The zero-order valence-electron chi connectivity index (χ0n) is 15.7. The van der Waals surface area contributed by atoms with Crippen molar-refractivity contribution in [2.24, 2.45) is 7.05 Å². The van der Waals surface area contributed by atoms with Crippen LogP contribution in [0, 0.1) is 11.3 Å². The molecule has 0 spiro atoms. The molecular weight excluding hydrogens is 324 g/mol. The zero-order valence-corrected chi connectivity index (χ0v) is 15.7. The third-order valence-electron chi connectivity index (χ3n) is 6.15. The molecule has 136 valence electrons. The summed E-state index contributed by atoms with van der Waals surface area (Å²) in [7, 11) is 3.71. The number of methoxy groups -OCH3 is 1. The molecule has 0 aliphatic heterocycles. The van der Waals surface area contributed by atoms with E-state index < -0.39 is 0 Å². The first kappa shape index (κ1) is 17.2. The summed E-state index contributed by atoms with van der Waals surface area (Å²) in [5, 5.41) is 14.5. The summed E-state index contributed by atoms with van der Waals surface area (Å²) in [5.74, 6) is 0. The number of pyridine rings is 1. The van der Waals surface area contributed by atoms with Crippen molar-refractivity contribution in [2.75, 3.05) is 13.7 Å². The van der Waals surface area contributed by atoms with Gasteiger partial charge in [0.1, 0.15) is 6.07 Å². The molecule has 2 aliphatic rings. The molecule has 0 radical (unpaired) electrons. The predicted octanol–water partition coefficient (Wildman–Crippen LogP) is 3.69. The Balaban J connectivity index is 2.02. The number of rotatable bonds is 4. The lowest BCUT2D eigenvalue weighted by atomic mass is 9.77. The SMILES string of the molecule is COCC1(c2nc3c(c(-c4ccnn4C)c2C#N)CCCC3)CCCC1. The van der Waals surface area contributed by atoms with Crippen LogP contribution in [-0.2, 0) is 30.0 Å². The van der Waals surface area contributed by atoms with Gasteiger partial charge in [0.05, 0.1) is 23.6 Å². The molecule has 26 heavy (non-hydrogen) atoms.